The predicted octanol–water partition coefficient (Wildman–Crippen LogP) is 0.161. The molecule has 1 aromatic rings. The Morgan fingerprint density at radius 1 is 1.47 bits per heavy atom. The van der Waals surface area contributed by atoms with Crippen LogP contribution in [0.1, 0.15) is 5.56 Å². The number of nitrogens with zero attached hydrogens (tertiary/aromatic N) is 1. The van der Waals surface area contributed by atoms with Gasteiger partial charge in [-0.25, -0.2) is 0 Å². The van der Waals surface area contributed by atoms with E-state index in [-0.39, 0.29) is 10.6 Å². The molecule has 104 valence electrons. The molecule has 0 saturated heterocycles. The molecule has 0 aliphatic heterocycles. The number of halogens is 3. The first kappa shape index (κ1) is 15.2. The molecule has 19 heavy (non-hydrogen) atoms. The first-order valence-corrected chi connectivity index (χ1v) is 5.44. The second-order valence-electron chi connectivity index (χ2n) is 3.61. The van der Waals surface area contributed by atoms with Gasteiger partial charge in [0.25, 0.3) is 5.56 Å². The highest BCUT2D eigenvalue weighted by Gasteiger charge is 2.27. The second kappa shape index (κ2) is 5.83. The standard InChI is InChI=1S/C10H10F3N3O2S/c11-10(12,13)5-15-7(17)4-16-3-1-2-6(8(14)19)9(16)18/h1-3H,4-5H2,(H2,14,19)(H,15,17). The van der Waals surface area contributed by atoms with Crippen LogP contribution in [0.25, 0.3) is 0 Å². The van der Waals surface area contributed by atoms with Gasteiger partial charge in [-0.1, -0.05) is 12.2 Å². The van der Waals surface area contributed by atoms with E-state index < -0.39 is 30.7 Å². The average Bonchev–Trinajstić information content (AvgIpc) is 2.28. The summed E-state index contributed by atoms with van der Waals surface area (Å²) >= 11 is 4.64. The van der Waals surface area contributed by atoms with E-state index in [9.17, 15) is 22.8 Å². The fourth-order valence-electron chi connectivity index (χ4n) is 1.26. The van der Waals surface area contributed by atoms with Crippen molar-refractivity contribution in [1.29, 1.82) is 0 Å². The minimum absolute atomic E-state index is 0.0288. The zero-order valence-electron chi connectivity index (χ0n) is 9.53. The lowest BCUT2D eigenvalue weighted by atomic mass is 10.3. The van der Waals surface area contributed by atoms with Gasteiger partial charge in [0.15, 0.2) is 0 Å². The van der Waals surface area contributed by atoms with E-state index in [1.807, 2.05) is 0 Å². The Balaban J connectivity index is 2.78. The lowest BCUT2D eigenvalue weighted by Crippen LogP contribution is -2.38. The van der Waals surface area contributed by atoms with Gasteiger partial charge in [0, 0.05) is 6.20 Å². The number of pyridine rings is 1. The van der Waals surface area contributed by atoms with Crippen LogP contribution >= 0.6 is 12.2 Å². The van der Waals surface area contributed by atoms with Crippen LogP contribution < -0.4 is 16.6 Å². The van der Waals surface area contributed by atoms with Crippen LogP contribution in [0.15, 0.2) is 23.1 Å². The number of hydrogen-bond acceptors (Lipinski definition) is 3. The van der Waals surface area contributed by atoms with Crippen molar-refractivity contribution < 1.29 is 18.0 Å². The minimum Gasteiger partial charge on any atom is -0.389 e. The molecular formula is C10H10F3N3O2S. The third kappa shape index (κ3) is 4.70. The van der Waals surface area contributed by atoms with E-state index in [0.717, 1.165) is 4.57 Å². The molecule has 9 heteroatoms. The minimum atomic E-state index is -4.50. The lowest BCUT2D eigenvalue weighted by Gasteiger charge is -2.10. The topological polar surface area (TPSA) is 77.1 Å². The average molecular weight is 293 g/mol. The first-order valence-electron chi connectivity index (χ1n) is 5.03. The van der Waals surface area contributed by atoms with Crippen molar-refractivity contribution in [3.63, 3.8) is 0 Å². The molecule has 0 atom stereocenters. The summed E-state index contributed by atoms with van der Waals surface area (Å²) in [6.07, 6.45) is -3.24. The smallest absolute Gasteiger partial charge is 0.389 e. The molecule has 0 aliphatic carbocycles. The molecular weight excluding hydrogens is 283 g/mol. The Kier molecular flexibility index (Phi) is 4.65. The van der Waals surface area contributed by atoms with Crippen LogP contribution in [0.2, 0.25) is 0 Å². The first-order chi connectivity index (χ1) is 8.70. The van der Waals surface area contributed by atoms with Gasteiger partial charge in [0.1, 0.15) is 18.1 Å². The van der Waals surface area contributed by atoms with Crippen molar-refractivity contribution in [3.8, 4) is 0 Å². The third-order valence-corrected chi connectivity index (χ3v) is 2.31. The molecule has 0 unspecified atom stereocenters. The Hall–Kier alpha value is -1.90. The van der Waals surface area contributed by atoms with Crippen molar-refractivity contribution in [1.82, 2.24) is 9.88 Å². The van der Waals surface area contributed by atoms with Crippen molar-refractivity contribution >= 4 is 23.1 Å². The van der Waals surface area contributed by atoms with Gasteiger partial charge in [-0.15, -0.1) is 0 Å². The predicted molar refractivity (Wildman–Crippen MR) is 65.7 cm³/mol. The summed E-state index contributed by atoms with van der Waals surface area (Å²) in [6, 6.07) is 2.79. The zero-order chi connectivity index (χ0) is 14.6. The molecule has 0 aliphatic rings. The number of carbonyl (C=O) groups is 1. The number of amides is 1. The maximum absolute atomic E-state index is 11.9. The SMILES string of the molecule is NC(=S)c1cccn(CC(=O)NCC(F)(F)F)c1=O. The van der Waals surface area contributed by atoms with Crippen molar-refractivity contribution in [2.24, 2.45) is 5.73 Å². The quantitative estimate of drug-likeness (QED) is 0.775. The van der Waals surface area contributed by atoms with Gasteiger partial charge in [-0.2, -0.15) is 13.2 Å². The van der Waals surface area contributed by atoms with Crippen LogP contribution in [0, 0.1) is 0 Å². The fourth-order valence-corrected chi connectivity index (χ4v) is 1.41. The van der Waals surface area contributed by atoms with Crippen molar-refractivity contribution in [2.45, 2.75) is 12.7 Å². The molecule has 3 N–H and O–H groups in total. The molecule has 0 fully saturated rings. The molecule has 0 radical (unpaired) electrons. The van der Waals surface area contributed by atoms with E-state index in [1.165, 1.54) is 18.3 Å². The second-order valence-corrected chi connectivity index (χ2v) is 4.05. The number of carbonyl (C=O) groups excluding carboxylic acids is 1. The van der Waals surface area contributed by atoms with Crippen molar-refractivity contribution in [3.05, 3.63) is 34.2 Å². The van der Waals surface area contributed by atoms with Crippen LogP contribution in [0.4, 0.5) is 13.2 Å². The molecule has 0 bridgehead atoms. The molecule has 1 rings (SSSR count). The Morgan fingerprint density at radius 2 is 2.11 bits per heavy atom. The summed E-state index contributed by atoms with van der Waals surface area (Å²) in [5.74, 6) is -0.931. The van der Waals surface area contributed by atoms with Gasteiger partial charge in [0.2, 0.25) is 5.91 Å². The van der Waals surface area contributed by atoms with Gasteiger partial charge in [-0.3, -0.25) is 9.59 Å². The van der Waals surface area contributed by atoms with Crippen LogP contribution in [0.3, 0.4) is 0 Å². The van der Waals surface area contributed by atoms with Crippen LogP contribution in [0.5, 0.6) is 0 Å². The normalized spacial score (nSPS) is 11.1. The van der Waals surface area contributed by atoms with Gasteiger partial charge < -0.3 is 15.6 Å². The molecule has 1 amide bonds. The summed E-state index contributed by atoms with van der Waals surface area (Å²) in [5.41, 5.74) is 4.70. The molecule has 0 aromatic carbocycles. The zero-order valence-corrected chi connectivity index (χ0v) is 10.3. The van der Waals surface area contributed by atoms with E-state index in [1.54, 1.807) is 5.32 Å². The van der Waals surface area contributed by atoms with Crippen LogP contribution in [-0.2, 0) is 11.3 Å². The largest absolute Gasteiger partial charge is 0.405 e. The van der Waals surface area contributed by atoms with Gasteiger partial charge >= 0.3 is 6.18 Å². The molecule has 1 heterocycles. The summed E-state index contributed by atoms with van der Waals surface area (Å²) in [6.45, 7) is -1.99. The lowest BCUT2D eigenvalue weighted by molar-refractivity contribution is -0.138. The summed E-state index contributed by atoms with van der Waals surface area (Å²) in [5, 5.41) is 1.66. The number of hydrogen-bond donors (Lipinski definition) is 2. The number of alkyl halides is 3. The number of nitrogens with one attached hydrogen (secondary N) is 1. The maximum atomic E-state index is 11.9. The fraction of sp³-hybridized carbons (Fsp3) is 0.300. The molecule has 0 spiro atoms. The van der Waals surface area contributed by atoms with Crippen molar-refractivity contribution in [2.75, 3.05) is 6.54 Å². The molecule has 1 aromatic heterocycles. The van der Waals surface area contributed by atoms with Gasteiger partial charge in [0.05, 0.1) is 5.56 Å². The van der Waals surface area contributed by atoms with E-state index in [0.29, 0.717) is 0 Å². The highest BCUT2D eigenvalue weighted by atomic mass is 32.1. The van der Waals surface area contributed by atoms with E-state index >= 15 is 0 Å². The Morgan fingerprint density at radius 3 is 2.63 bits per heavy atom. The van der Waals surface area contributed by atoms with E-state index in [4.69, 9.17) is 5.73 Å². The molecule has 0 saturated carbocycles. The van der Waals surface area contributed by atoms with Crippen LogP contribution in [-0.4, -0.2) is 28.2 Å². The Labute approximate surface area is 111 Å². The number of thiocarbonyl (C=S) groups is 1. The summed E-state index contributed by atoms with van der Waals surface area (Å²) in [4.78, 5) is 22.9. The highest BCUT2D eigenvalue weighted by molar-refractivity contribution is 7.80. The highest BCUT2D eigenvalue weighted by Crippen LogP contribution is 2.11. The number of aromatic nitrogens is 1. The monoisotopic (exact) mass is 293 g/mol. The van der Waals surface area contributed by atoms with E-state index in [2.05, 4.69) is 12.2 Å². The third-order valence-electron chi connectivity index (χ3n) is 2.09. The number of nitrogens with two attached hydrogens (primary N) is 1. The summed E-state index contributed by atoms with van der Waals surface area (Å²) in [7, 11) is 0. The number of rotatable bonds is 4. The Bertz CT molecular complexity index is 554. The van der Waals surface area contributed by atoms with Gasteiger partial charge in [-0.05, 0) is 12.1 Å². The summed E-state index contributed by atoms with van der Waals surface area (Å²) < 4.78 is 36.6. The molecule has 5 nitrogen and oxygen atoms in total. The maximum Gasteiger partial charge on any atom is 0.405 e.